The highest BCUT2D eigenvalue weighted by Crippen LogP contribution is 2.28. The monoisotopic (exact) mass is 355 g/mol. The van der Waals surface area contributed by atoms with Crippen molar-refractivity contribution >= 4 is 29.2 Å². The fraction of sp³-hybridized carbons (Fsp3) is 0.0667. The summed E-state index contributed by atoms with van der Waals surface area (Å²) in [7, 11) is 0. The van der Waals surface area contributed by atoms with Crippen LogP contribution in [-0.4, -0.2) is 18.5 Å². The van der Waals surface area contributed by atoms with Crippen LogP contribution in [0.15, 0.2) is 48.5 Å². The van der Waals surface area contributed by atoms with E-state index in [1.54, 1.807) is 30.3 Å². The number of alkyl halides is 2. The average Bonchev–Trinajstić information content (AvgIpc) is 2.55. The third-order valence-corrected chi connectivity index (χ3v) is 3.03. The van der Waals surface area contributed by atoms with Gasteiger partial charge in [-0.05, 0) is 30.3 Å². The van der Waals surface area contributed by atoms with E-state index in [1.165, 1.54) is 18.2 Å². The number of carbonyl (C=O) groups excluding carboxylic acids is 2. The molecule has 0 aromatic heterocycles. The molecule has 126 valence electrons. The van der Waals surface area contributed by atoms with Gasteiger partial charge in [0.05, 0.1) is 5.02 Å². The van der Waals surface area contributed by atoms with Crippen molar-refractivity contribution in [1.29, 1.82) is 0 Å². The third kappa shape index (κ3) is 5.10. The molecule has 0 aliphatic heterocycles. The zero-order valence-electron chi connectivity index (χ0n) is 12.1. The van der Waals surface area contributed by atoms with E-state index in [0.29, 0.717) is 5.56 Å². The Bertz CT molecular complexity index is 729. The SMILES string of the molecule is O=C(NNC(=O)c1ccccc1)Nc1ccc(OC(F)F)c(Cl)c1. The number of halogens is 3. The number of ether oxygens (including phenoxy) is 1. The van der Waals surface area contributed by atoms with E-state index in [0.717, 1.165) is 0 Å². The molecule has 3 amide bonds. The fourth-order valence-corrected chi connectivity index (χ4v) is 1.93. The van der Waals surface area contributed by atoms with Crippen LogP contribution in [0.25, 0.3) is 0 Å². The lowest BCUT2D eigenvalue weighted by Crippen LogP contribution is -2.43. The van der Waals surface area contributed by atoms with Gasteiger partial charge >= 0.3 is 12.6 Å². The van der Waals surface area contributed by atoms with Crippen molar-refractivity contribution in [2.24, 2.45) is 0 Å². The van der Waals surface area contributed by atoms with Crippen molar-refractivity contribution in [2.75, 3.05) is 5.32 Å². The molecule has 0 radical (unpaired) electrons. The van der Waals surface area contributed by atoms with E-state index >= 15 is 0 Å². The van der Waals surface area contributed by atoms with E-state index in [1.807, 2.05) is 0 Å². The van der Waals surface area contributed by atoms with Crippen molar-refractivity contribution in [3.8, 4) is 5.75 Å². The van der Waals surface area contributed by atoms with Crippen molar-refractivity contribution in [2.45, 2.75) is 6.61 Å². The standard InChI is InChI=1S/C15H12ClF2N3O3/c16-11-8-10(6-7-12(11)24-14(17)18)19-15(23)21-20-13(22)9-4-2-1-3-5-9/h1-8,14H,(H,20,22)(H2,19,21,23). The number of hydrazine groups is 1. The van der Waals surface area contributed by atoms with Crippen LogP contribution >= 0.6 is 11.6 Å². The van der Waals surface area contributed by atoms with Crippen LogP contribution in [-0.2, 0) is 0 Å². The maximum atomic E-state index is 12.1. The molecule has 0 fully saturated rings. The minimum Gasteiger partial charge on any atom is -0.433 e. The van der Waals surface area contributed by atoms with Crippen LogP contribution in [0.5, 0.6) is 5.75 Å². The Balaban J connectivity index is 1.88. The number of hydrogen-bond donors (Lipinski definition) is 3. The molecule has 0 saturated heterocycles. The van der Waals surface area contributed by atoms with Crippen LogP contribution in [0.2, 0.25) is 5.02 Å². The molecule has 0 spiro atoms. The van der Waals surface area contributed by atoms with Crippen LogP contribution in [0.4, 0.5) is 19.3 Å². The molecular weight excluding hydrogens is 344 g/mol. The van der Waals surface area contributed by atoms with E-state index < -0.39 is 18.5 Å². The number of urea groups is 1. The van der Waals surface area contributed by atoms with Gasteiger partial charge in [-0.2, -0.15) is 8.78 Å². The van der Waals surface area contributed by atoms with E-state index in [4.69, 9.17) is 11.6 Å². The second-order valence-electron chi connectivity index (χ2n) is 4.42. The molecule has 2 aromatic rings. The molecule has 0 aliphatic carbocycles. The molecule has 9 heteroatoms. The van der Waals surface area contributed by atoms with Gasteiger partial charge in [-0.3, -0.25) is 10.2 Å². The summed E-state index contributed by atoms with van der Waals surface area (Å²) in [5.41, 5.74) is 4.96. The van der Waals surface area contributed by atoms with Crippen LogP contribution in [0.1, 0.15) is 10.4 Å². The minimum atomic E-state index is -3.00. The maximum absolute atomic E-state index is 12.1. The summed E-state index contributed by atoms with van der Waals surface area (Å²) in [4.78, 5) is 23.4. The Hall–Kier alpha value is -2.87. The molecule has 24 heavy (non-hydrogen) atoms. The smallest absolute Gasteiger partial charge is 0.387 e. The largest absolute Gasteiger partial charge is 0.433 e. The second-order valence-corrected chi connectivity index (χ2v) is 4.83. The Morgan fingerprint density at radius 3 is 2.38 bits per heavy atom. The first-order chi connectivity index (χ1) is 11.5. The zero-order valence-corrected chi connectivity index (χ0v) is 12.8. The van der Waals surface area contributed by atoms with Crippen LogP contribution in [0, 0.1) is 0 Å². The van der Waals surface area contributed by atoms with Crippen LogP contribution in [0.3, 0.4) is 0 Å². The van der Waals surface area contributed by atoms with Gasteiger partial charge in [0.15, 0.2) is 0 Å². The van der Waals surface area contributed by atoms with Gasteiger partial charge in [0, 0.05) is 11.3 Å². The van der Waals surface area contributed by atoms with Gasteiger partial charge < -0.3 is 10.1 Å². The molecule has 0 heterocycles. The Morgan fingerprint density at radius 2 is 1.75 bits per heavy atom. The van der Waals surface area contributed by atoms with Crippen molar-refractivity contribution < 1.29 is 23.1 Å². The molecule has 0 atom stereocenters. The zero-order chi connectivity index (χ0) is 17.5. The average molecular weight is 356 g/mol. The quantitative estimate of drug-likeness (QED) is 0.735. The predicted molar refractivity (Wildman–Crippen MR) is 84.1 cm³/mol. The predicted octanol–water partition coefficient (Wildman–Crippen LogP) is 3.41. The first-order valence-electron chi connectivity index (χ1n) is 6.62. The highest BCUT2D eigenvalue weighted by atomic mass is 35.5. The van der Waals surface area contributed by atoms with E-state index in [-0.39, 0.29) is 16.5 Å². The van der Waals surface area contributed by atoms with Gasteiger partial charge in [-0.25, -0.2) is 10.2 Å². The molecule has 0 unspecified atom stereocenters. The summed E-state index contributed by atoms with van der Waals surface area (Å²) in [5.74, 6) is -0.709. The third-order valence-electron chi connectivity index (χ3n) is 2.73. The molecule has 0 saturated carbocycles. The highest BCUT2D eigenvalue weighted by molar-refractivity contribution is 6.32. The number of hydrogen-bond acceptors (Lipinski definition) is 3. The number of benzene rings is 2. The van der Waals surface area contributed by atoms with Crippen LogP contribution < -0.4 is 20.9 Å². The fourth-order valence-electron chi connectivity index (χ4n) is 1.71. The van der Waals surface area contributed by atoms with E-state index in [9.17, 15) is 18.4 Å². The lowest BCUT2D eigenvalue weighted by Gasteiger charge is -2.11. The molecule has 2 rings (SSSR count). The molecular formula is C15H12ClF2N3O3. The maximum Gasteiger partial charge on any atom is 0.387 e. The summed E-state index contributed by atoms with van der Waals surface area (Å²) in [6, 6.07) is 11.3. The van der Waals surface area contributed by atoms with Gasteiger partial charge in [0.25, 0.3) is 5.91 Å². The minimum absolute atomic E-state index is 0.0959. The number of carbonyl (C=O) groups is 2. The molecule has 2 aromatic carbocycles. The topological polar surface area (TPSA) is 79.5 Å². The first-order valence-corrected chi connectivity index (χ1v) is 7.00. The molecule has 0 aliphatic rings. The van der Waals surface area contributed by atoms with Gasteiger partial charge in [-0.15, -0.1) is 0 Å². The molecule has 3 N–H and O–H groups in total. The molecule has 6 nitrogen and oxygen atoms in total. The Labute approximate surface area is 140 Å². The first kappa shape index (κ1) is 17.5. The second kappa shape index (κ2) is 8.11. The van der Waals surface area contributed by atoms with E-state index in [2.05, 4.69) is 20.9 Å². The lowest BCUT2D eigenvalue weighted by atomic mass is 10.2. The van der Waals surface area contributed by atoms with Crippen molar-refractivity contribution in [1.82, 2.24) is 10.9 Å². The Kier molecular flexibility index (Phi) is 5.91. The summed E-state index contributed by atoms with van der Waals surface area (Å²) in [6.07, 6.45) is 0. The summed E-state index contributed by atoms with van der Waals surface area (Å²) < 4.78 is 28.4. The van der Waals surface area contributed by atoms with Crippen molar-refractivity contribution in [3.63, 3.8) is 0 Å². The number of nitrogens with one attached hydrogen (secondary N) is 3. The Morgan fingerprint density at radius 1 is 1.04 bits per heavy atom. The van der Waals surface area contributed by atoms with Gasteiger partial charge in [-0.1, -0.05) is 29.8 Å². The summed E-state index contributed by atoms with van der Waals surface area (Å²) in [6.45, 7) is -3.00. The lowest BCUT2D eigenvalue weighted by molar-refractivity contribution is -0.0497. The molecule has 0 bridgehead atoms. The number of rotatable bonds is 4. The van der Waals surface area contributed by atoms with Crippen molar-refractivity contribution in [3.05, 3.63) is 59.1 Å². The summed E-state index contributed by atoms with van der Waals surface area (Å²) >= 11 is 5.76. The van der Waals surface area contributed by atoms with Gasteiger partial charge in [0.2, 0.25) is 0 Å². The number of anilines is 1. The van der Waals surface area contributed by atoms with Gasteiger partial charge in [0.1, 0.15) is 5.75 Å². The summed E-state index contributed by atoms with van der Waals surface area (Å²) in [5, 5.41) is 2.28. The number of amides is 3. The normalized spacial score (nSPS) is 10.2. The highest BCUT2D eigenvalue weighted by Gasteiger charge is 2.11.